The Morgan fingerprint density at radius 3 is 2.73 bits per heavy atom. The average Bonchev–Trinajstić information content (AvgIpc) is 3.62. The Kier molecular flexibility index (Phi) is 4.83. The van der Waals surface area contributed by atoms with Crippen LogP contribution in [-0.4, -0.2) is 58.6 Å². The summed E-state index contributed by atoms with van der Waals surface area (Å²) in [4.78, 5) is 28.5. The van der Waals surface area contributed by atoms with Crippen LogP contribution in [0.1, 0.15) is 12.8 Å². The molecular formula is C24H25N7O2. The minimum absolute atomic E-state index is 0.0367. The minimum Gasteiger partial charge on any atom is -0.378 e. The van der Waals surface area contributed by atoms with Crippen molar-refractivity contribution in [3.05, 3.63) is 43.0 Å². The zero-order valence-electron chi connectivity index (χ0n) is 18.4. The van der Waals surface area contributed by atoms with Crippen molar-refractivity contribution in [1.82, 2.24) is 19.4 Å². The van der Waals surface area contributed by atoms with Gasteiger partial charge in [-0.05, 0) is 31.0 Å². The molecule has 0 atom stereocenters. The second kappa shape index (κ2) is 8.00. The van der Waals surface area contributed by atoms with Gasteiger partial charge in [0.25, 0.3) is 0 Å². The molecule has 0 bridgehead atoms. The molecule has 9 heteroatoms. The molecule has 1 saturated carbocycles. The summed E-state index contributed by atoms with van der Waals surface area (Å²) >= 11 is 0. The maximum Gasteiger partial charge on any atom is 0.228 e. The SMILES string of the molecule is CNc1ncc(-c2cn3cc(N4CCOCC4)ccc3n2)c2cc(NC(=O)C3CC3)ncc12. The molecule has 0 unspecified atom stereocenters. The van der Waals surface area contributed by atoms with E-state index < -0.39 is 0 Å². The number of pyridine rings is 3. The zero-order chi connectivity index (χ0) is 22.4. The summed E-state index contributed by atoms with van der Waals surface area (Å²) in [5.74, 6) is 1.44. The normalized spacial score (nSPS) is 16.3. The van der Waals surface area contributed by atoms with E-state index in [-0.39, 0.29) is 11.8 Å². The van der Waals surface area contributed by atoms with Crippen molar-refractivity contribution in [2.45, 2.75) is 12.8 Å². The number of nitrogens with one attached hydrogen (secondary N) is 2. The molecule has 1 aliphatic carbocycles. The van der Waals surface area contributed by atoms with E-state index in [2.05, 4.69) is 42.2 Å². The predicted molar refractivity (Wildman–Crippen MR) is 128 cm³/mol. The first-order valence-electron chi connectivity index (χ1n) is 11.3. The van der Waals surface area contributed by atoms with Gasteiger partial charge in [0.15, 0.2) is 0 Å². The lowest BCUT2D eigenvalue weighted by molar-refractivity contribution is -0.117. The lowest BCUT2D eigenvalue weighted by Crippen LogP contribution is -2.36. The van der Waals surface area contributed by atoms with Gasteiger partial charge in [0.1, 0.15) is 17.3 Å². The first-order valence-corrected chi connectivity index (χ1v) is 11.3. The van der Waals surface area contributed by atoms with E-state index in [0.717, 1.165) is 78.3 Å². The molecule has 6 rings (SSSR count). The third kappa shape index (κ3) is 3.74. The number of rotatable bonds is 5. The van der Waals surface area contributed by atoms with Crippen LogP contribution in [0.3, 0.4) is 0 Å². The highest BCUT2D eigenvalue weighted by atomic mass is 16.5. The molecule has 33 heavy (non-hydrogen) atoms. The van der Waals surface area contributed by atoms with Crippen molar-refractivity contribution in [2.75, 3.05) is 48.9 Å². The maximum atomic E-state index is 12.3. The van der Waals surface area contributed by atoms with Gasteiger partial charge >= 0.3 is 0 Å². The van der Waals surface area contributed by atoms with Crippen molar-refractivity contribution in [3.63, 3.8) is 0 Å². The van der Waals surface area contributed by atoms with Gasteiger partial charge in [0.2, 0.25) is 5.91 Å². The van der Waals surface area contributed by atoms with Crippen molar-refractivity contribution in [1.29, 1.82) is 0 Å². The van der Waals surface area contributed by atoms with E-state index in [1.54, 1.807) is 6.20 Å². The Labute approximate surface area is 190 Å². The lowest BCUT2D eigenvalue weighted by Gasteiger charge is -2.28. The fraction of sp³-hybridized carbons (Fsp3) is 0.333. The van der Waals surface area contributed by atoms with Crippen molar-refractivity contribution in [3.8, 4) is 11.3 Å². The van der Waals surface area contributed by atoms with E-state index in [9.17, 15) is 4.79 Å². The molecule has 0 spiro atoms. The van der Waals surface area contributed by atoms with E-state index in [4.69, 9.17) is 9.72 Å². The minimum atomic E-state index is 0.0367. The highest BCUT2D eigenvalue weighted by molar-refractivity contribution is 6.03. The molecule has 1 saturated heterocycles. The first-order chi connectivity index (χ1) is 16.2. The van der Waals surface area contributed by atoms with Crippen LogP contribution >= 0.6 is 0 Å². The third-order valence-corrected chi connectivity index (χ3v) is 6.30. The van der Waals surface area contributed by atoms with Gasteiger partial charge in [-0.25, -0.2) is 15.0 Å². The molecule has 4 aromatic rings. The topological polar surface area (TPSA) is 96.7 Å². The first kappa shape index (κ1) is 19.9. The van der Waals surface area contributed by atoms with Crippen LogP contribution < -0.4 is 15.5 Å². The van der Waals surface area contributed by atoms with Gasteiger partial charge in [-0.3, -0.25) is 4.79 Å². The Morgan fingerprint density at radius 2 is 1.94 bits per heavy atom. The Bertz CT molecular complexity index is 1360. The fourth-order valence-corrected chi connectivity index (χ4v) is 4.30. The largest absolute Gasteiger partial charge is 0.378 e. The quantitative estimate of drug-likeness (QED) is 0.489. The van der Waals surface area contributed by atoms with Crippen LogP contribution in [0.25, 0.3) is 27.7 Å². The Morgan fingerprint density at radius 1 is 1.09 bits per heavy atom. The second-order valence-corrected chi connectivity index (χ2v) is 8.53. The molecule has 1 aliphatic heterocycles. The highest BCUT2D eigenvalue weighted by Gasteiger charge is 2.30. The van der Waals surface area contributed by atoms with E-state index in [1.807, 2.05) is 31.6 Å². The Hall–Kier alpha value is -3.72. The average molecular weight is 444 g/mol. The van der Waals surface area contributed by atoms with E-state index >= 15 is 0 Å². The second-order valence-electron chi connectivity index (χ2n) is 8.53. The molecule has 168 valence electrons. The molecule has 2 N–H and O–H groups in total. The van der Waals surface area contributed by atoms with Crippen LogP contribution in [0.5, 0.6) is 0 Å². The number of hydrogen-bond acceptors (Lipinski definition) is 7. The predicted octanol–water partition coefficient (Wildman–Crippen LogP) is 3.17. The summed E-state index contributed by atoms with van der Waals surface area (Å²) in [6.45, 7) is 3.26. The number of nitrogens with zero attached hydrogens (tertiary/aromatic N) is 5. The number of amides is 1. The number of hydrogen-bond donors (Lipinski definition) is 2. The number of ether oxygens (including phenoxy) is 1. The summed E-state index contributed by atoms with van der Waals surface area (Å²) in [6.07, 6.45) is 9.62. The highest BCUT2D eigenvalue weighted by Crippen LogP contribution is 2.34. The molecule has 0 radical (unpaired) electrons. The number of imidazole rings is 1. The Balaban J connectivity index is 1.41. The van der Waals surface area contributed by atoms with Crippen LogP contribution in [0.4, 0.5) is 17.3 Å². The monoisotopic (exact) mass is 443 g/mol. The molecule has 0 aromatic carbocycles. The van der Waals surface area contributed by atoms with Gasteiger partial charge in [-0.15, -0.1) is 0 Å². The maximum absolute atomic E-state index is 12.3. The number of morpholine rings is 1. The summed E-state index contributed by atoms with van der Waals surface area (Å²) < 4.78 is 7.53. The van der Waals surface area contributed by atoms with Gasteiger partial charge in [-0.2, -0.15) is 0 Å². The summed E-state index contributed by atoms with van der Waals surface area (Å²) in [5, 5.41) is 7.90. The summed E-state index contributed by atoms with van der Waals surface area (Å²) in [6, 6.07) is 6.05. The standard InChI is InChI=1S/C24H25N7O2/c1-25-23-19-12-26-21(29-24(32)15-2-3-15)10-17(19)18(11-27-23)20-14-31-13-16(4-5-22(31)28-20)30-6-8-33-9-7-30/h4-5,10-15H,2-3,6-9H2,1H3,(H,25,27)(H,26,29,32). The molecule has 4 aromatic heterocycles. The van der Waals surface area contributed by atoms with Crippen LogP contribution in [0.15, 0.2) is 43.0 Å². The van der Waals surface area contributed by atoms with Gasteiger partial charge < -0.3 is 24.7 Å². The van der Waals surface area contributed by atoms with Crippen molar-refractivity contribution in [2.24, 2.45) is 5.92 Å². The number of carbonyl (C=O) groups excluding carboxylic acids is 1. The number of anilines is 3. The van der Waals surface area contributed by atoms with Crippen LogP contribution in [0.2, 0.25) is 0 Å². The van der Waals surface area contributed by atoms with Gasteiger partial charge in [-0.1, -0.05) is 0 Å². The number of carbonyl (C=O) groups is 1. The smallest absolute Gasteiger partial charge is 0.228 e. The number of aromatic nitrogens is 4. The molecule has 9 nitrogen and oxygen atoms in total. The molecule has 5 heterocycles. The summed E-state index contributed by atoms with van der Waals surface area (Å²) in [5.41, 5.74) is 3.73. The van der Waals surface area contributed by atoms with E-state index in [0.29, 0.717) is 5.82 Å². The molecule has 1 amide bonds. The van der Waals surface area contributed by atoms with Crippen molar-refractivity contribution >= 4 is 39.6 Å². The molecule has 2 aliphatic rings. The van der Waals surface area contributed by atoms with Crippen LogP contribution in [-0.2, 0) is 9.53 Å². The van der Waals surface area contributed by atoms with Gasteiger partial charge in [0, 0.05) is 67.2 Å². The molecular weight excluding hydrogens is 418 g/mol. The zero-order valence-corrected chi connectivity index (χ0v) is 18.4. The number of fused-ring (bicyclic) bond motifs is 2. The third-order valence-electron chi connectivity index (χ3n) is 6.30. The summed E-state index contributed by atoms with van der Waals surface area (Å²) in [7, 11) is 1.84. The van der Waals surface area contributed by atoms with Gasteiger partial charge in [0.05, 0.1) is 24.6 Å². The van der Waals surface area contributed by atoms with Crippen molar-refractivity contribution < 1.29 is 9.53 Å². The fourth-order valence-electron chi connectivity index (χ4n) is 4.30. The van der Waals surface area contributed by atoms with Crippen LogP contribution in [0, 0.1) is 5.92 Å². The molecule has 2 fully saturated rings. The lowest BCUT2D eigenvalue weighted by atomic mass is 10.1. The van der Waals surface area contributed by atoms with E-state index in [1.165, 1.54) is 0 Å².